The summed E-state index contributed by atoms with van der Waals surface area (Å²) >= 11 is 0. The minimum absolute atomic E-state index is 0.0449. The number of carbonyl (C=O) groups excluding carboxylic acids is 1. The van der Waals surface area contributed by atoms with Crippen molar-refractivity contribution in [2.45, 2.75) is 20.3 Å². The molecule has 1 amide bonds. The van der Waals surface area contributed by atoms with Crippen molar-refractivity contribution < 1.29 is 9.90 Å². The van der Waals surface area contributed by atoms with Crippen LogP contribution in [0, 0.1) is 6.92 Å². The summed E-state index contributed by atoms with van der Waals surface area (Å²) in [7, 11) is 0. The molecule has 0 atom stereocenters. The van der Waals surface area contributed by atoms with Crippen LogP contribution >= 0.6 is 0 Å². The first kappa shape index (κ1) is 14.9. The first-order valence-corrected chi connectivity index (χ1v) is 7.11. The summed E-state index contributed by atoms with van der Waals surface area (Å²) in [5, 5.41) is 17.1. The number of hydrogen-bond acceptors (Lipinski definition) is 5. The Kier molecular flexibility index (Phi) is 5.03. The molecule has 110 valence electrons. The number of β-amino-alcohol motifs (C(OH)–C–C–N with tert-alkyl or cyclic N) is 1. The van der Waals surface area contributed by atoms with Gasteiger partial charge in [-0.3, -0.25) is 9.69 Å². The van der Waals surface area contributed by atoms with Gasteiger partial charge in [-0.15, -0.1) is 0 Å². The standard InChI is InChI=1S/C14H22N4O2/c1-3-13-12(10-11(2)15-16-13)14(20)18-6-4-17(5-7-18)8-9-19/h10,19H,3-9H2,1-2H3. The van der Waals surface area contributed by atoms with E-state index in [2.05, 4.69) is 15.1 Å². The fraction of sp³-hybridized carbons (Fsp3) is 0.643. The van der Waals surface area contributed by atoms with Crippen molar-refractivity contribution in [1.82, 2.24) is 20.0 Å². The molecular weight excluding hydrogens is 256 g/mol. The van der Waals surface area contributed by atoms with E-state index >= 15 is 0 Å². The van der Waals surface area contributed by atoms with Crippen molar-refractivity contribution in [3.05, 3.63) is 23.0 Å². The minimum Gasteiger partial charge on any atom is -0.395 e. The lowest BCUT2D eigenvalue weighted by Crippen LogP contribution is -2.49. The second-order valence-corrected chi connectivity index (χ2v) is 5.06. The van der Waals surface area contributed by atoms with E-state index in [4.69, 9.17) is 5.11 Å². The van der Waals surface area contributed by atoms with Crippen LogP contribution in [-0.2, 0) is 6.42 Å². The number of carbonyl (C=O) groups is 1. The molecule has 1 saturated heterocycles. The van der Waals surface area contributed by atoms with Crippen molar-refractivity contribution >= 4 is 5.91 Å². The summed E-state index contributed by atoms with van der Waals surface area (Å²) in [6, 6.07) is 1.83. The van der Waals surface area contributed by atoms with E-state index in [1.165, 1.54) is 0 Å². The molecule has 1 N–H and O–H groups in total. The van der Waals surface area contributed by atoms with Gasteiger partial charge in [0.1, 0.15) is 0 Å². The number of aryl methyl sites for hydroxylation is 2. The fourth-order valence-electron chi connectivity index (χ4n) is 2.45. The molecule has 2 rings (SSSR count). The van der Waals surface area contributed by atoms with Crippen LogP contribution in [0.2, 0.25) is 0 Å². The Morgan fingerprint density at radius 2 is 2.00 bits per heavy atom. The van der Waals surface area contributed by atoms with Gasteiger partial charge in [0.15, 0.2) is 0 Å². The number of rotatable bonds is 4. The molecule has 20 heavy (non-hydrogen) atoms. The molecule has 0 radical (unpaired) electrons. The van der Waals surface area contributed by atoms with Crippen LogP contribution in [0.3, 0.4) is 0 Å². The maximum atomic E-state index is 12.6. The van der Waals surface area contributed by atoms with Crippen LogP contribution in [0.5, 0.6) is 0 Å². The van der Waals surface area contributed by atoms with Crippen LogP contribution in [0.1, 0.15) is 28.7 Å². The summed E-state index contributed by atoms with van der Waals surface area (Å²) in [6.07, 6.45) is 0.707. The third kappa shape index (κ3) is 3.32. The Balaban J connectivity index is 2.07. The summed E-state index contributed by atoms with van der Waals surface area (Å²) in [5.41, 5.74) is 2.21. The van der Waals surface area contributed by atoms with E-state index in [0.29, 0.717) is 31.6 Å². The Bertz CT molecular complexity index is 470. The summed E-state index contributed by atoms with van der Waals surface area (Å²) in [4.78, 5) is 16.6. The van der Waals surface area contributed by atoms with E-state index in [9.17, 15) is 4.79 Å². The topological polar surface area (TPSA) is 69.6 Å². The second-order valence-electron chi connectivity index (χ2n) is 5.06. The first-order chi connectivity index (χ1) is 9.65. The van der Waals surface area contributed by atoms with Gasteiger partial charge in [-0.05, 0) is 19.4 Å². The average molecular weight is 278 g/mol. The molecule has 1 aromatic heterocycles. The lowest BCUT2D eigenvalue weighted by atomic mass is 10.1. The van der Waals surface area contributed by atoms with Crippen LogP contribution in [0.25, 0.3) is 0 Å². The average Bonchev–Trinajstić information content (AvgIpc) is 2.47. The second kappa shape index (κ2) is 6.76. The predicted molar refractivity (Wildman–Crippen MR) is 75.6 cm³/mol. The number of hydrogen-bond donors (Lipinski definition) is 1. The minimum atomic E-state index is 0.0449. The van der Waals surface area contributed by atoms with Gasteiger partial charge in [0.05, 0.1) is 23.6 Å². The number of aromatic nitrogens is 2. The van der Waals surface area contributed by atoms with Gasteiger partial charge in [-0.2, -0.15) is 10.2 Å². The maximum Gasteiger partial charge on any atom is 0.255 e. The molecule has 6 heteroatoms. The highest BCUT2D eigenvalue weighted by Crippen LogP contribution is 2.13. The van der Waals surface area contributed by atoms with Gasteiger partial charge in [0.25, 0.3) is 5.91 Å². The highest BCUT2D eigenvalue weighted by molar-refractivity contribution is 5.95. The summed E-state index contributed by atoms with van der Waals surface area (Å²) in [6.45, 7) is 7.69. The van der Waals surface area contributed by atoms with E-state index in [1.807, 2.05) is 24.8 Å². The Morgan fingerprint density at radius 1 is 1.30 bits per heavy atom. The molecule has 0 spiro atoms. The quantitative estimate of drug-likeness (QED) is 0.846. The smallest absolute Gasteiger partial charge is 0.255 e. The number of aliphatic hydroxyl groups is 1. The van der Waals surface area contributed by atoms with Crippen molar-refractivity contribution in [3.63, 3.8) is 0 Å². The van der Waals surface area contributed by atoms with Gasteiger partial charge in [-0.1, -0.05) is 6.92 Å². The van der Waals surface area contributed by atoms with Crippen molar-refractivity contribution in [1.29, 1.82) is 0 Å². The third-order valence-electron chi connectivity index (χ3n) is 3.63. The maximum absolute atomic E-state index is 12.6. The van der Waals surface area contributed by atoms with Gasteiger partial charge in [0, 0.05) is 32.7 Å². The first-order valence-electron chi connectivity index (χ1n) is 7.11. The van der Waals surface area contributed by atoms with Gasteiger partial charge >= 0.3 is 0 Å². The Morgan fingerprint density at radius 3 is 2.60 bits per heavy atom. The van der Waals surface area contributed by atoms with Gasteiger partial charge < -0.3 is 10.0 Å². The molecule has 0 aromatic carbocycles. The van der Waals surface area contributed by atoms with Crippen LogP contribution < -0.4 is 0 Å². The molecule has 1 fully saturated rings. The summed E-state index contributed by atoms with van der Waals surface area (Å²) in [5.74, 6) is 0.0449. The van der Waals surface area contributed by atoms with Crippen molar-refractivity contribution in [2.24, 2.45) is 0 Å². The number of piperazine rings is 1. The highest BCUT2D eigenvalue weighted by atomic mass is 16.3. The normalized spacial score (nSPS) is 16.4. The van der Waals surface area contributed by atoms with E-state index in [-0.39, 0.29) is 12.5 Å². The van der Waals surface area contributed by atoms with Crippen LogP contribution in [0.15, 0.2) is 6.07 Å². The SMILES string of the molecule is CCc1nnc(C)cc1C(=O)N1CCN(CCO)CC1. The number of amides is 1. The molecule has 2 heterocycles. The summed E-state index contributed by atoms with van der Waals surface area (Å²) < 4.78 is 0. The molecule has 1 aliphatic rings. The van der Waals surface area contributed by atoms with Gasteiger partial charge in [0.2, 0.25) is 0 Å². The van der Waals surface area contributed by atoms with E-state index < -0.39 is 0 Å². The Hall–Kier alpha value is -1.53. The lowest BCUT2D eigenvalue weighted by Gasteiger charge is -2.34. The zero-order valence-corrected chi connectivity index (χ0v) is 12.2. The monoisotopic (exact) mass is 278 g/mol. The lowest BCUT2D eigenvalue weighted by molar-refractivity contribution is 0.0613. The molecule has 0 unspecified atom stereocenters. The molecule has 1 aliphatic heterocycles. The zero-order chi connectivity index (χ0) is 14.5. The molecule has 1 aromatic rings. The van der Waals surface area contributed by atoms with Crippen LogP contribution in [-0.4, -0.2) is 70.3 Å². The Labute approximate surface area is 119 Å². The molecule has 6 nitrogen and oxygen atoms in total. The van der Waals surface area contributed by atoms with Crippen LogP contribution in [0.4, 0.5) is 0 Å². The van der Waals surface area contributed by atoms with E-state index in [1.54, 1.807) is 0 Å². The van der Waals surface area contributed by atoms with Gasteiger partial charge in [-0.25, -0.2) is 0 Å². The van der Waals surface area contributed by atoms with Crippen molar-refractivity contribution in [2.75, 3.05) is 39.3 Å². The molecule has 0 saturated carbocycles. The number of nitrogens with zero attached hydrogens (tertiary/aromatic N) is 4. The molecular formula is C14H22N4O2. The van der Waals surface area contributed by atoms with Crippen molar-refractivity contribution in [3.8, 4) is 0 Å². The molecule has 0 bridgehead atoms. The third-order valence-corrected chi connectivity index (χ3v) is 3.63. The highest BCUT2D eigenvalue weighted by Gasteiger charge is 2.24. The largest absolute Gasteiger partial charge is 0.395 e. The zero-order valence-electron chi connectivity index (χ0n) is 12.2. The fourth-order valence-corrected chi connectivity index (χ4v) is 2.45. The molecule has 0 aliphatic carbocycles. The predicted octanol–water partition coefficient (Wildman–Crippen LogP) is 0.0975. The van der Waals surface area contributed by atoms with E-state index in [0.717, 1.165) is 24.5 Å². The number of aliphatic hydroxyl groups excluding tert-OH is 1.